The van der Waals surface area contributed by atoms with Gasteiger partial charge in [0.25, 0.3) is 0 Å². The first-order valence-electron chi connectivity index (χ1n) is 10.3. The molecule has 0 bridgehead atoms. The number of nitrogens with one attached hydrogen (secondary N) is 1. The highest BCUT2D eigenvalue weighted by Gasteiger charge is 2.32. The molecule has 27 heavy (non-hydrogen) atoms. The molecule has 2 aliphatic rings. The second kappa shape index (κ2) is 9.83. The maximum atomic E-state index is 12.7. The van der Waals surface area contributed by atoms with Gasteiger partial charge in [-0.15, -0.1) is 0 Å². The summed E-state index contributed by atoms with van der Waals surface area (Å²) in [6.45, 7) is 2.74. The second-order valence-corrected chi connectivity index (χ2v) is 7.91. The van der Waals surface area contributed by atoms with Gasteiger partial charge in [0, 0.05) is 39.4 Å². The average molecular weight is 373 g/mol. The fourth-order valence-electron chi connectivity index (χ4n) is 4.24. The van der Waals surface area contributed by atoms with E-state index in [1.54, 1.807) is 11.1 Å². The molecule has 1 unspecified atom stereocenters. The molecule has 6 nitrogen and oxygen atoms in total. The molecule has 6 heteroatoms. The standard InChI is InChI=1S/C21H32N4O2/c1-24(13-6-9-17-7-2-3-8-17)20(26)15-19-21(27)23-12-14-25(19)16-18-10-4-5-11-22-18/h4-5,10-11,17,19H,2-3,6-9,12-16H2,1H3,(H,23,27). The summed E-state index contributed by atoms with van der Waals surface area (Å²) < 4.78 is 0. The minimum Gasteiger partial charge on any atom is -0.353 e. The number of nitrogens with zero attached hydrogens (tertiary/aromatic N) is 3. The van der Waals surface area contributed by atoms with Gasteiger partial charge in [0.05, 0.1) is 18.2 Å². The Hall–Kier alpha value is -1.95. The quantitative estimate of drug-likeness (QED) is 0.760. The lowest BCUT2D eigenvalue weighted by Crippen LogP contribution is -2.56. The normalized spacial score (nSPS) is 21.2. The Bertz CT molecular complexity index is 616. The number of amides is 2. The van der Waals surface area contributed by atoms with Crippen LogP contribution in [0.15, 0.2) is 24.4 Å². The average Bonchev–Trinajstić information content (AvgIpc) is 3.18. The largest absolute Gasteiger partial charge is 0.353 e. The zero-order valence-electron chi connectivity index (χ0n) is 16.4. The molecule has 1 aliphatic carbocycles. The van der Waals surface area contributed by atoms with E-state index in [0.717, 1.165) is 31.1 Å². The predicted molar refractivity (Wildman–Crippen MR) is 105 cm³/mol. The van der Waals surface area contributed by atoms with Crippen LogP contribution >= 0.6 is 0 Å². The van der Waals surface area contributed by atoms with Crippen molar-refractivity contribution in [2.75, 3.05) is 26.7 Å². The third-order valence-corrected chi connectivity index (χ3v) is 5.91. The molecular formula is C21H32N4O2. The Morgan fingerprint density at radius 3 is 2.89 bits per heavy atom. The third kappa shape index (κ3) is 5.76. The molecule has 2 heterocycles. The highest BCUT2D eigenvalue weighted by Crippen LogP contribution is 2.28. The van der Waals surface area contributed by atoms with E-state index in [0.29, 0.717) is 13.1 Å². The molecule has 1 aromatic rings. The number of rotatable bonds is 8. The maximum absolute atomic E-state index is 12.7. The molecule has 1 saturated carbocycles. The van der Waals surface area contributed by atoms with Crippen molar-refractivity contribution in [3.8, 4) is 0 Å². The SMILES string of the molecule is CN(CCCC1CCCC1)C(=O)CC1C(=O)NCCN1Cc1ccccn1. The van der Waals surface area contributed by atoms with Crippen molar-refractivity contribution in [3.05, 3.63) is 30.1 Å². The number of hydrogen-bond acceptors (Lipinski definition) is 4. The summed E-state index contributed by atoms with van der Waals surface area (Å²) in [7, 11) is 1.86. The zero-order chi connectivity index (χ0) is 19.1. The van der Waals surface area contributed by atoms with Crippen LogP contribution in [0.2, 0.25) is 0 Å². The van der Waals surface area contributed by atoms with Crippen molar-refractivity contribution in [2.24, 2.45) is 5.92 Å². The van der Waals surface area contributed by atoms with E-state index in [1.807, 2.05) is 25.2 Å². The van der Waals surface area contributed by atoms with Crippen LogP contribution in [0, 0.1) is 5.92 Å². The molecule has 0 aromatic carbocycles. The zero-order valence-corrected chi connectivity index (χ0v) is 16.4. The molecule has 1 N–H and O–H groups in total. The van der Waals surface area contributed by atoms with Crippen LogP contribution in [0.1, 0.15) is 50.6 Å². The number of hydrogen-bond donors (Lipinski definition) is 1. The Labute approximate surface area is 162 Å². The van der Waals surface area contributed by atoms with Crippen LogP contribution in [0.3, 0.4) is 0 Å². The molecule has 1 atom stereocenters. The third-order valence-electron chi connectivity index (χ3n) is 5.91. The monoisotopic (exact) mass is 372 g/mol. The van der Waals surface area contributed by atoms with Crippen LogP contribution in [0.4, 0.5) is 0 Å². The highest BCUT2D eigenvalue weighted by molar-refractivity contribution is 5.88. The molecule has 2 fully saturated rings. The van der Waals surface area contributed by atoms with Crippen LogP contribution in [0.25, 0.3) is 0 Å². The van der Waals surface area contributed by atoms with E-state index < -0.39 is 6.04 Å². The molecule has 148 valence electrons. The van der Waals surface area contributed by atoms with E-state index in [9.17, 15) is 9.59 Å². The van der Waals surface area contributed by atoms with Gasteiger partial charge in [0.15, 0.2) is 0 Å². The van der Waals surface area contributed by atoms with E-state index in [1.165, 1.54) is 32.1 Å². The minimum absolute atomic E-state index is 0.0505. The van der Waals surface area contributed by atoms with E-state index in [4.69, 9.17) is 0 Å². The summed E-state index contributed by atoms with van der Waals surface area (Å²) in [4.78, 5) is 33.3. The van der Waals surface area contributed by atoms with Crippen LogP contribution < -0.4 is 5.32 Å². The highest BCUT2D eigenvalue weighted by atomic mass is 16.2. The van der Waals surface area contributed by atoms with Crippen LogP contribution in [-0.2, 0) is 16.1 Å². The molecule has 1 saturated heterocycles. The van der Waals surface area contributed by atoms with E-state index >= 15 is 0 Å². The van der Waals surface area contributed by atoms with Crippen molar-refractivity contribution < 1.29 is 9.59 Å². The summed E-state index contributed by atoms with van der Waals surface area (Å²) in [6.07, 6.45) is 9.69. The number of carbonyl (C=O) groups excluding carboxylic acids is 2. The van der Waals surface area contributed by atoms with Crippen molar-refractivity contribution in [1.82, 2.24) is 20.1 Å². The van der Waals surface area contributed by atoms with Crippen LogP contribution in [-0.4, -0.2) is 59.3 Å². The lowest BCUT2D eigenvalue weighted by molar-refractivity contribution is -0.138. The topological polar surface area (TPSA) is 65.5 Å². The fraction of sp³-hybridized carbons (Fsp3) is 0.667. The molecule has 3 rings (SSSR count). The first-order chi connectivity index (χ1) is 13.1. The lowest BCUT2D eigenvalue weighted by Gasteiger charge is -2.35. The summed E-state index contributed by atoms with van der Waals surface area (Å²) in [6, 6.07) is 5.38. The van der Waals surface area contributed by atoms with Gasteiger partial charge in [-0.2, -0.15) is 0 Å². The smallest absolute Gasteiger partial charge is 0.237 e. The summed E-state index contributed by atoms with van der Waals surface area (Å²) in [5.41, 5.74) is 0.926. The fourth-order valence-corrected chi connectivity index (χ4v) is 4.24. The van der Waals surface area contributed by atoms with E-state index in [2.05, 4.69) is 15.2 Å². The Balaban J connectivity index is 1.50. The van der Waals surface area contributed by atoms with Gasteiger partial charge in [0.2, 0.25) is 11.8 Å². The Kier molecular flexibility index (Phi) is 7.21. The predicted octanol–water partition coefficient (Wildman–Crippen LogP) is 2.20. The minimum atomic E-state index is -0.412. The van der Waals surface area contributed by atoms with Crippen molar-refractivity contribution >= 4 is 11.8 Å². The second-order valence-electron chi connectivity index (χ2n) is 7.91. The molecular weight excluding hydrogens is 340 g/mol. The number of piperazine rings is 1. The number of pyridine rings is 1. The van der Waals surface area contributed by atoms with Gasteiger partial charge in [0.1, 0.15) is 0 Å². The first-order valence-corrected chi connectivity index (χ1v) is 10.3. The molecule has 1 aromatic heterocycles. The van der Waals surface area contributed by atoms with Crippen LogP contribution in [0.5, 0.6) is 0 Å². The summed E-state index contributed by atoms with van der Waals surface area (Å²) >= 11 is 0. The first kappa shape index (κ1) is 19.8. The molecule has 2 amide bonds. The van der Waals surface area contributed by atoms with Crippen molar-refractivity contribution in [3.63, 3.8) is 0 Å². The molecule has 0 spiro atoms. The molecule has 1 aliphatic heterocycles. The van der Waals surface area contributed by atoms with Gasteiger partial charge in [-0.25, -0.2) is 0 Å². The van der Waals surface area contributed by atoms with Gasteiger partial charge < -0.3 is 10.2 Å². The van der Waals surface area contributed by atoms with Gasteiger partial charge >= 0.3 is 0 Å². The van der Waals surface area contributed by atoms with Crippen molar-refractivity contribution in [1.29, 1.82) is 0 Å². The summed E-state index contributed by atoms with van der Waals surface area (Å²) in [5, 5.41) is 2.90. The lowest BCUT2D eigenvalue weighted by atomic mass is 10.0. The Morgan fingerprint density at radius 2 is 2.15 bits per heavy atom. The van der Waals surface area contributed by atoms with Gasteiger partial charge in [-0.1, -0.05) is 31.7 Å². The van der Waals surface area contributed by atoms with Gasteiger partial charge in [-0.05, 0) is 30.9 Å². The maximum Gasteiger partial charge on any atom is 0.237 e. The number of aromatic nitrogens is 1. The van der Waals surface area contributed by atoms with E-state index in [-0.39, 0.29) is 18.2 Å². The summed E-state index contributed by atoms with van der Waals surface area (Å²) in [5.74, 6) is 0.853. The van der Waals surface area contributed by atoms with Gasteiger partial charge in [-0.3, -0.25) is 19.5 Å². The Morgan fingerprint density at radius 1 is 1.33 bits per heavy atom. The van der Waals surface area contributed by atoms with Crippen molar-refractivity contribution in [2.45, 2.75) is 57.5 Å². The molecule has 0 radical (unpaired) electrons. The number of carbonyl (C=O) groups is 2.